The minimum atomic E-state index is -4.63. The fourth-order valence-electron chi connectivity index (χ4n) is 4.26. The number of nitrogens with zero attached hydrogens (tertiary/aromatic N) is 5. The van der Waals surface area contributed by atoms with Crippen LogP contribution in [0.3, 0.4) is 0 Å². The number of hydrogen-bond donors (Lipinski definition) is 2. The van der Waals surface area contributed by atoms with Crippen LogP contribution in [0.5, 0.6) is 0 Å². The van der Waals surface area contributed by atoms with Gasteiger partial charge < -0.3 is 10.0 Å². The maximum Gasteiger partial charge on any atom is 0.416 e. The summed E-state index contributed by atoms with van der Waals surface area (Å²) in [5.74, 6) is -0.908. The fourth-order valence-corrected chi connectivity index (χ4v) is 5.52. The first-order valence-corrected chi connectivity index (χ1v) is 12.5. The molecular formula is C22H19F3N6O5S. The molecule has 0 amide bonds. The van der Waals surface area contributed by atoms with Crippen LogP contribution in [0.25, 0.3) is 16.6 Å². The molecule has 0 bridgehead atoms. The molecule has 4 aromatic rings. The molecule has 0 aliphatic carbocycles. The number of H-pyrrole nitrogens is 1. The molecule has 194 valence electrons. The molecule has 5 rings (SSSR count). The first-order valence-electron chi connectivity index (χ1n) is 11.0. The van der Waals surface area contributed by atoms with Gasteiger partial charge in [-0.25, -0.2) is 18.1 Å². The quantitative estimate of drug-likeness (QED) is 0.389. The van der Waals surface area contributed by atoms with Gasteiger partial charge in [-0.15, -0.1) is 5.10 Å². The van der Waals surface area contributed by atoms with E-state index in [9.17, 15) is 31.2 Å². The van der Waals surface area contributed by atoms with Gasteiger partial charge in [0, 0.05) is 31.9 Å². The monoisotopic (exact) mass is 536 g/mol. The number of carboxylic acid groups (broad SMARTS) is 1. The molecule has 0 radical (unpaired) electrons. The third-order valence-electron chi connectivity index (χ3n) is 6.16. The van der Waals surface area contributed by atoms with Crippen LogP contribution in [-0.2, 0) is 20.8 Å². The van der Waals surface area contributed by atoms with E-state index in [-0.39, 0.29) is 17.6 Å². The highest BCUT2D eigenvalue weighted by Gasteiger charge is 2.32. The van der Waals surface area contributed by atoms with Gasteiger partial charge in [-0.1, -0.05) is 0 Å². The van der Waals surface area contributed by atoms with Crippen molar-refractivity contribution < 1.29 is 31.5 Å². The van der Waals surface area contributed by atoms with Crippen molar-refractivity contribution in [3.63, 3.8) is 0 Å². The van der Waals surface area contributed by atoms with Crippen LogP contribution in [0.4, 0.5) is 18.9 Å². The number of benzene rings is 2. The molecule has 1 aliphatic rings. The van der Waals surface area contributed by atoms with Gasteiger partial charge in [0.1, 0.15) is 0 Å². The zero-order chi connectivity index (χ0) is 26.5. The number of hydrogen-bond acceptors (Lipinski definition) is 8. The second-order valence-corrected chi connectivity index (χ2v) is 10.3. The third-order valence-corrected chi connectivity index (χ3v) is 7.83. The van der Waals surface area contributed by atoms with E-state index in [1.165, 1.54) is 4.52 Å². The number of sulfone groups is 1. The lowest BCUT2D eigenvalue weighted by Crippen LogP contribution is -2.48. The van der Waals surface area contributed by atoms with E-state index in [0.29, 0.717) is 43.8 Å². The summed E-state index contributed by atoms with van der Waals surface area (Å²) in [6, 6.07) is 7.90. The van der Waals surface area contributed by atoms with Gasteiger partial charge >= 0.3 is 12.1 Å². The predicted molar refractivity (Wildman–Crippen MR) is 124 cm³/mol. The van der Waals surface area contributed by atoms with Gasteiger partial charge in [-0.3, -0.25) is 14.5 Å². The van der Waals surface area contributed by atoms with Crippen molar-refractivity contribution in [3.05, 3.63) is 58.4 Å². The SMILES string of the molecule is O=C(O)CN1CCN(c2ccc3c(=O)nc4c(S(=O)(=O)c5ccc(C(F)(F)F)cc5)n[nH]n4c3c2)CC1. The molecule has 0 spiro atoms. The Morgan fingerprint density at radius 3 is 2.35 bits per heavy atom. The summed E-state index contributed by atoms with van der Waals surface area (Å²) in [5, 5.41) is 15.0. The minimum Gasteiger partial charge on any atom is -0.480 e. The zero-order valence-electron chi connectivity index (χ0n) is 18.9. The van der Waals surface area contributed by atoms with Crippen LogP contribution in [0.1, 0.15) is 5.56 Å². The highest BCUT2D eigenvalue weighted by Crippen LogP contribution is 2.31. The molecule has 37 heavy (non-hydrogen) atoms. The van der Waals surface area contributed by atoms with Gasteiger partial charge in [0.15, 0.2) is 5.65 Å². The number of alkyl halides is 3. The molecule has 2 aromatic heterocycles. The average Bonchev–Trinajstić information content (AvgIpc) is 3.28. The highest BCUT2D eigenvalue weighted by molar-refractivity contribution is 7.91. The Bertz CT molecular complexity index is 1670. The van der Waals surface area contributed by atoms with E-state index in [0.717, 1.165) is 17.8 Å². The van der Waals surface area contributed by atoms with Crippen LogP contribution >= 0.6 is 0 Å². The van der Waals surface area contributed by atoms with Gasteiger partial charge in [0.2, 0.25) is 14.9 Å². The first-order chi connectivity index (χ1) is 17.4. The number of halogens is 3. The van der Waals surface area contributed by atoms with Gasteiger partial charge in [0.25, 0.3) is 5.56 Å². The Morgan fingerprint density at radius 2 is 1.73 bits per heavy atom. The number of aromatic nitrogens is 4. The summed E-state index contributed by atoms with van der Waals surface area (Å²) < 4.78 is 66.2. The third kappa shape index (κ3) is 4.51. The summed E-state index contributed by atoms with van der Waals surface area (Å²) in [6.45, 7) is 2.07. The number of aliphatic carboxylic acids is 1. The summed E-state index contributed by atoms with van der Waals surface area (Å²) in [7, 11) is -4.41. The van der Waals surface area contributed by atoms with Crippen molar-refractivity contribution in [3.8, 4) is 0 Å². The lowest BCUT2D eigenvalue weighted by atomic mass is 10.2. The highest BCUT2D eigenvalue weighted by atomic mass is 32.2. The van der Waals surface area contributed by atoms with Crippen LogP contribution in [0, 0.1) is 0 Å². The van der Waals surface area contributed by atoms with Crippen molar-refractivity contribution in [1.29, 1.82) is 0 Å². The van der Waals surface area contributed by atoms with Crippen LogP contribution in [0.2, 0.25) is 0 Å². The zero-order valence-corrected chi connectivity index (χ0v) is 19.8. The molecule has 2 N–H and O–H groups in total. The van der Waals surface area contributed by atoms with Gasteiger partial charge in [0.05, 0.1) is 27.9 Å². The standard InChI is InChI=1S/C22H19F3N6O5S/c23-22(24,25)13-1-4-15(5-2-13)37(35,36)21-19-26-20(34)16-6-3-14(11-17(16)31(19)28-27-21)30-9-7-29(8-10-30)12-18(32)33/h1-6,11,28H,7-10,12H2,(H,32,33). The number of aromatic amines is 1. The Labute approximate surface area is 206 Å². The molecule has 1 aliphatic heterocycles. The number of anilines is 1. The Morgan fingerprint density at radius 1 is 1.05 bits per heavy atom. The molecule has 11 nitrogen and oxygen atoms in total. The molecule has 1 saturated heterocycles. The lowest BCUT2D eigenvalue weighted by Gasteiger charge is -2.35. The molecule has 15 heteroatoms. The van der Waals surface area contributed by atoms with E-state index in [1.807, 2.05) is 4.90 Å². The number of nitrogens with one attached hydrogen (secondary N) is 1. The number of rotatable bonds is 5. The van der Waals surface area contributed by atoms with Crippen LogP contribution < -0.4 is 10.5 Å². The van der Waals surface area contributed by atoms with E-state index in [4.69, 9.17) is 5.11 Å². The molecule has 0 unspecified atom stereocenters. The summed E-state index contributed by atoms with van der Waals surface area (Å²) in [4.78, 5) is 30.9. The Hall–Kier alpha value is -3.98. The molecule has 0 atom stereocenters. The Balaban J connectivity index is 1.53. The van der Waals surface area contributed by atoms with Crippen molar-refractivity contribution in [2.24, 2.45) is 0 Å². The summed E-state index contributed by atoms with van der Waals surface area (Å²) in [6.07, 6.45) is -4.63. The van der Waals surface area contributed by atoms with E-state index in [2.05, 4.69) is 15.3 Å². The van der Waals surface area contributed by atoms with Crippen LogP contribution in [0.15, 0.2) is 57.2 Å². The number of fused-ring (bicyclic) bond motifs is 3. The number of carboxylic acids is 1. The van der Waals surface area contributed by atoms with Crippen molar-refractivity contribution in [2.45, 2.75) is 16.1 Å². The lowest BCUT2D eigenvalue weighted by molar-refractivity contribution is -0.139. The number of piperazine rings is 1. The average molecular weight is 536 g/mol. The van der Waals surface area contributed by atoms with E-state index < -0.39 is 43.0 Å². The Kier molecular flexibility index (Phi) is 5.91. The largest absolute Gasteiger partial charge is 0.480 e. The molecule has 2 aromatic carbocycles. The molecular weight excluding hydrogens is 517 g/mol. The van der Waals surface area contributed by atoms with E-state index in [1.54, 1.807) is 23.1 Å². The summed E-state index contributed by atoms with van der Waals surface area (Å²) in [5.41, 5.74) is -0.959. The van der Waals surface area contributed by atoms with Gasteiger partial charge in [-0.2, -0.15) is 18.2 Å². The minimum absolute atomic E-state index is 0.0580. The number of carbonyl (C=O) groups is 1. The molecule has 3 heterocycles. The maximum absolute atomic E-state index is 13.2. The smallest absolute Gasteiger partial charge is 0.416 e. The normalized spacial score (nSPS) is 15.5. The van der Waals surface area contributed by atoms with Crippen LogP contribution in [-0.4, -0.2) is 76.9 Å². The first kappa shape index (κ1) is 24.7. The summed E-state index contributed by atoms with van der Waals surface area (Å²) >= 11 is 0. The molecule has 1 fully saturated rings. The van der Waals surface area contributed by atoms with Crippen molar-refractivity contribution in [2.75, 3.05) is 37.6 Å². The maximum atomic E-state index is 13.2. The predicted octanol–water partition coefficient (Wildman–Crippen LogP) is 1.63. The second kappa shape index (κ2) is 8.85. The van der Waals surface area contributed by atoms with E-state index >= 15 is 0 Å². The van der Waals surface area contributed by atoms with Crippen molar-refractivity contribution in [1.82, 2.24) is 24.7 Å². The van der Waals surface area contributed by atoms with Gasteiger partial charge in [-0.05, 0) is 42.5 Å². The topological polar surface area (TPSA) is 141 Å². The fraction of sp³-hybridized carbons (Fsp3) is 0.273. The second-order valence-electron chi connectivity index (χ2n) is 8.48. The van der Waals surface area contributed by atoms with Crippen molar-refractivity contribution >= 4 is 38.0 Å². The molecule has 0 saturated carbocycles.